The van der Waals surface area contributed by atoms with E-state index in [0.717, 1.165) is 19.4 Å². The van der Waals surface area contributed by atoms with Gasteiger partial charge in [-0.25, -0.2) is 0 Å². The van der Waals surface area contributed by atoms with Gasteiger partial charge in [0, 0.05) is 30.6 Å². The molecule has 1 aliphatic heterocycles. The number of benzene rings is 1. The molecule has 0 radical (unpaired) electrons. The normalized spacial score (nSPS) is 18.7. The number of rotatable bonds is 3. The first-order valence-corrected chi connectivity index (χ1v) is 7.39. The van der Waals surface area contributed by atoms with Crippen molar-refractivity contribution >= 4 is 11.5 Å². The fourth-order valence-electron chi connectivity index (χ4n) is 3.18. The molecule has 1 aromatic carbocycles. The smallest absolute Gasteiger partial charge is 0.136 e. The molecular formula is C17H25NO. The standard InChI is InChI=1S/C17H25NO/c1-5-13-8-7-9-14(6-2)16(13)18-11-10-15(19)12-17(18,3)4/h7-9H,5-6,10-12H2,1-4H3. The van der Waals surface area contributed by atoms with Crippen molar-refractivity contribution in [3.05, 3.63) is 29.3 Å². The maximum absolute atomic E-state index is 11.7. The van der Waals surface area contributed by atoms with Gasteiger partial charge in [0.25, 0.3) is 0 Å². The lowest BCUT2D eigenvalue weighted by molar-refractivity contribution is -0.121. The summed E-state index contributed by atoms with van der Waals surface area (Å²) >= 11 is 0. The van der Waals surface area contributed by atoms with Crippen LogP contribution in [0.5, 0.6) is 0 Å². The monoisotopic (exact) mass is 259 g/mol. The number of hydrogen-bond donors (Lipinski definition) is 0. The third kappa shape index (κ3) is 2.68. The Balaban J connectivity index is 2.48. The van der Waals surface area contributed by atoms with Crippen molar-refractivity contribution < 1.29 is 4.79 Å². The summed E-state index contributed by atoms with van der Waals surface area (Å²) in [5, 5.41) is 0. The predicted molar refractivity (Wildman–Crippen MR) is 80.9 cm³/mol. The average molecular weight is 259 g/mol. The number of carbonyl (C=O) groups is 1. The van der Waals surface area contributed by atoms with Crippen molar-refractivity contribution in [1.29, 1.82) is 0 Å². The van der Waals surface area contributed by atoms with E-state index >= 15 is 0 Å². The van der Waals surface area contributed by atoms with Crippen molar-refractivity contribution in [2.75, 3.05) is 11.4 Å². The Labute approximate surface area is 116 Å². The van der Waals surface area contributed by atoms with Crippen LogP contribution in [0.2, 0.25) is 0 Å². The van der Waals surface area contributed by atoms with Crippen LogP contribution in [0.4, 0.5) is 5.69 Å². The number of hydrogen-bond acceptors (Lipinski definition) is 2. The summed E-state index contributed by atoms with van der Waals surface area (Å²) in [4.78, 5) is 14.2. The molecule has 0 atom stereocenters. The molecule has 0 N–H and O–H groups in total. The molecule has 2 heteroatoms. The second-order valence-corrected chi connectivity index (χ2v) is 6.06. The number of Topliss-reactive ketones (excluding diaryl/α,β-unsaturated/α-hetero) is 1. The van der Waals surface area contributed by atoms with Crippen molar-refractivity contribution in [3.63, 3.8) is 0 Å². The van der Waals surface area contributed by atoms with Crippen LogP contribution in [0.25, 0.3) is 0 Å². The lowest BCUT2D eigenvalue weighted by atomic mass is 9.87. The third-order valence-corrected chi connectivity index (χ3v) is 4.21. The Morgan fingerprint density at radius 2 is 1.74 bits per heavy atom. The molecule has 1 fully saturated rings. The van der Waals surface area contributed by atoms with Gasteiger partial charge in [-0.2, -0.15) is 0 Å². The van der Waals surface area contributed by atoms with Gasteiger partial charge in [0.15, 0.2) is 0 Å². The molecule has 1 saturated heterocycles. The van der Waals surface area contributed by atoms with E-state index in [4.69, 9.17) is 0 Å². The Kier molecular flexibility index (Phi) is 3.98. The maximum atomic E-state index is 11.7. The van der Waals surface area contributed by atoms with E-state index in [1.54, 1.807) is 0 Å². The molecule has 1 heterocycles. The van der Waals surface area contributed by atoms with Crippen molar-refractivity contribution in [3.8, 4) is 0 Å². The Morgan fingerprint density at radius 3 is 2.21 bits per heavy atom. The summed E-state index contributed by atoms with van der Waals surface area (Å²) < 4.78 is 0. The Bertz CT molecular complexity index is 454. The van der Waals surface area contributed by atoms with Crippen LogP contribution in [0.15, 0.2) is 18.2 Å². The number of anilines is 1. The van der Waals surface area contributed by atoms with Crippen LogP contribution >= 0.6 is 0 Å². The van der Waals surface area contributed by atoms with Crippen molar-refractivity contribution in [2.24, 2.45) is 0 Å². The van der Waals surface area contributed by atoms with Gasteiger partial charge in [-0.1, -0.05) is 32.0 Å². The molecule has 0 unspecified atom stereocenters. The van der Waals surface area contributed by atoms with Gasteiger partial charge >= 0.3 is 0 Å². The number of para-hydroxylation sites is 1. The molecule has 2 nitrogen and oxygen atoms in total. The van der Waals surface area contributed by atoms with Gasteiger partial charge < -0.3 is 4.90 Å². The van der Waals surface area contributed by atoms with Crippen molar-refractivity contribution in [2.45, 2.75) is 58.9 Å². The quantitative estimate of drug-likeness (QED) is 0.823. The van der Waals surface area contributed by atoms with E-state index in [9.17, 15) is 4.79 Å². The molecule has 0 spiro atoms. The summed E-state index contributed by atoms with van der Waals surface area (Å²) in [5.41, 5.74) is 4.12. The number of aryl methyl sites for hydroxylation is 2. The van der Waals surface area contributed by atoms with E-state index in [-0.39, 0.29) is 5.54 Å². The van der Waals surface area contributed by atoms with Crippen LogP contribution in [-0.4, -0.2) is 17.9 Å². The minimum absolute atomic E-state index is 0.0650. The van der Waals surface area contributed by atoms with Gasteiger partial charge in [-0.15, -0.1) is 0 Å². The number of ketones is 1. The van der Waals surface area contributed by atoms with E-state index in [0.29, 0.717) is 18.6 Å². The molecule has 104 valence electrons. The van der Waals surface area contributed by atoms with Gasteiger partial charge in [0.2, 0.25) is 0 Å². The van der Waals surface area contributed by atoms with E-state index < -0.39 is 0 Å². The topological polar surface area (TPSA) is 20.3 Å². The Hall–Kier alpha value is -1.31. The van der Waals surface area contributed by atoms with Crippen LogP contribution in [-0.2, 0) is 17.6 Å². The van der Waals surface area contributed by atoms with Gasteiger partial charge in [-0.3, -0.25) is 4.79 Å². The molecule has 0 aromatic heterocycles. The molecule has 19 heavy (non-hydrogen) atoms. The second-order valence-electron chi connectivity index (χ2n) is 6.06. The van der Waals surface area contributed by atoms with Gasteiger partial charge in [0.05, 0.1) is 0 Å². The first-order chi connectivity index (χ1) is 8.99. The third-order valence-electron chi connectivity index (χ3n) is 4.21. The highest BCUT2D eigenvalue weighted by atomic mass is 16.1. The lowest BCUT2D eigenvalue weighted by Crippen LogP contribution is -2.51. The summed E-state index contributed by atoms with van der Waals surface area (Å²) in [6, 6.07) is 6.60. The predicted octanol–water partition coefficient (Wildman–Crippen LogP) is 3.76. The first kappa shape index (κ1) is 14.1. The maximum Gasteiger partial charge on any atom is 0.136 e. The molecule has 0 bridgehead atoms. The van der Waals surface area contributed by atoms with Gasteiger partial charge in [0.1, 0.15) is 5.78 Å². The number of nitrogens with zero attached hydrogens (tertiary/aromatic N) is 1. The van der Waals surface area contributed by atoms with Crippen LogP contribution < -0.4 is 4.90 Å². The van der Waals surface area contributed by atoms with E-state index in [2.05, 4.69) is 50.8 Å². The summed E-state index contributed by atoms with van der Waals surface area (Å²) in [7, 11) is 0. The second kappa shape index (κ2) is 5.36. The SMILES string of the molecule is CCc1cccc(CC)c1N1CCC(=O)CC1(C)C. The minimum Gasteiger partial charge on any atom is -0.365 e. The fourth-order valence-corrected chi connectivity index (χ4v) is 3.18. The van der Waals surface area contributed by atoms with Gasteiger partial charge in [-0.05, 0) is 37.8 Å². The molecule has 0 saturated carbocycles. The highest BCUT2D eigenvalue weighted by Crippen LogP contribution is 2.36. The molecular weight excluding hydrogens is 234 g/mol. The zero-order valence-electron chi connectivity index (χ0n) is 12.6. The van der Waals surface area contributed by atoms with Crippen LogP contribution in [0.1, 0.15) is 51.7 Å². The van der Waals surface area contributed by atoms with Crippen LogP contribution in [0.3, 0.4) is 0 Å². The van der Waals surface area contributed by atoms with Crippen molar-refractivity contribution in [1.82, 2.24) is 0 Å². The van der Waals surface area contributed by atoms with E-state index in [1.807, 2.05) is 0 Å². The zero-order chi connectivity index (χ0) is 14.0. The highest BCUT2D eigenvalue weighted by molar-refractivity contribution is 5.83. The molecule has 1 aromatic rings. The highest BCUT2D eigenvalue weighted by Gasteiger charge is 2.35. The Morgan fingerprint density at radius 1 is 1.16 bits per heavy atom. The molecule has 0 amide bonds. The minimum atomic E-state index is -0.0650. The fraction of sp³-hybridized carbons (Fsp3) is 0.588. The number of carbonyl (C=O) groups excluding carboxylic acids is 1. The largest absolute Gasteiger partial charge is 0.365 e. The molecule has 0 aliphatic carbocycles. The molecule has 1 aliphatic rings. The lowest BCUT2D eigenvalue weighted by Gasteiger charge is -2.45. The van der Waals surface area contributed by atoms with Crippen LogP contribution in [0, 0.1) is 0 Å². The average Bonchev–Trinajstić information content (AvgIpc) is 2.37. The zero-order valence-corrected chi connectivity index (χ0v) is 12.6. The summed E-state index contributed by atoms with van der Waals surface area (Å²) in [6.07, 6.45) is 3.44. The summed E-state index contributed by atoms with van der Waals surface area (Å²) in [6.45, 7) is 9.66. The summed E-state index contributed by atoms with van der Waals surface area (Å²) in [5.74, 6) is 0.397. The van der Waals surface area contributed by atoms with E-state index in [1.165, 1.54) is 16.8 Å². The first-order valence-electron chi connectivity index (χ1n) is 7.39. The molecule has 2 rings (SSSR count). The number of piperidine rings is 1.